The van der Waals surface area contributed by atoms with Crippen LogP contribution >= 0.6 is 0 Å². The summed E-state index contributed by atoms with van der Waals surface area (Å²) in [4.78, 5) is 16.5. The molecule has 2 heterocycles. The molecule has 1 aromatic carbocycles. The molecule has 1 amide bonds. The van der Waals surface area contributed by atoms with Gasteiger partial charge in [-0.2, -0.15) is 0 Å². The number of halogens is 1. The predicted octanol–water partition coefficient (Wildman–Crippen LogP) is 2.23. The lowest BCUT2D eigenvalue weighted by Gasteiger charge is -2.17. The largest absolute Gasteiger partial charge is 0.356 e. The van der Waals surface area contributed by atoms with Crippen LogP contribution in [0.4, 0.5) is 4.39 Å². The molecule has 1 N–H and O–H groups in total. The van der Waals surface area contributed by atoms with Gasteiger partial charge in [-0.25, -0.2) is 22.1 Å². The van der Waals surface area contributed by atoms with Gasteiger partial charge in [0.1, 0.15) is 11.5 Å². The second-order valence-corrected chi connectivity index (χ2v) is 8.73. The van der Waals surface area contributed by atoms with Crippen molar-refractivity contribution < 1.29 is 17.6 Å². The first-order valence-corrected chi connectivity index (χ1v) is 10.7. The summed E-state index contributed by atoms with van der Waals surface area (Å²) in [5.41, 5.74) is 1.75. The Morgan fingerprint density at radius 3 is 2.69 bits per heavy atom. The summed E-state index contributed by atoms with van der Waals surface area (Å²) in [5.74, 6) is -0.631. The van der Waals surface area contributed by atoms with Gasteiger partial charge in [-0.05, 0) is 42.8 Å². The van der Waals surface area contributed by atoms with Crippen molar-refractivity contribution in [3.63, 3.8) is 0 Å². The molecule has 0 aliphatic rings. The van der Waals surface area contributed by atoms with Gasteiger partial charge in [0, 0.05) is 45.4 Å². The van der Waals surface area contributed by atoms with Gasteiger partial charge in [0.15, 0.2) is 0 Å². The van der Waals surface area contributed by atoms with Crippen molar-refractivity contribution in [3.05, 3.63) is 66.4 Å². The number of aromatic nitrogens is 2. The van der Waals surface area contributed by atoms with Crippen molar-refractivity contribution in [2.75, 3.05) is 20.1 Å². The minimum absolute atomic E-state index is 0.0262. The zero-order valence-corrected chi connectivity index (χ0v) is 16.9. The second kappa shape index (κ2) is 9.15. The van der Waals surface area contributed by atoms with Crippen LogP contribution in [0.3, 0.4) is 0 Å². The zero-order valence-electron chi connectivity index (χ0n) is 16.1. The van der Waals surface area contributed by atoms with Crippen LogP contribution in [-0.2, 0) is 21.2 Å². The second-order valence-electron chi connectivity index (χ2n) is 6.68. The molecule has 0 spiro atoms. The molecule has 29 heavy (non-hydrogen) atoms. The fourth-order valence-electron chi connectivity index (χ4n) is 2.89. The number of benzene rings is 1. The lowest BCUT2D eigenvalue weighted by atomic mass is 10.3. The van der Waals surface area contributed by atoms with Crippen LogP contribution in [0.1, 0.15) is 18.5 Å². The molecule has 154 valence electrons. The number of rotatable bonds is 9. The number of carbonyl (C=O) groups excluding carboxylic acids is 1. The molecule has 3 aromatic rings. The molecule has 0 saturated heterocycles. The summed E-state index contributed by atoms with van der Waals surface area (Å²) < 4.78 is 40.9. The van der Waals surface area contributed by atoms with E-state index in [4.69, 9.17) is 0 Å². The molecule has 0 unspecified atom stereocenters. The van der Waals surface area contributed by atoms with Gasteiger partial charge in [-0.15, -0.1) is 0 Å². The summed E-state index contributed by atoms with van der Waals surface area (Å²) >= 11 is 0. The summed E-state index contributed by atoms with van der Waals surface area (Å²) in [6.07, 6.45) is 5.06. The average molecular weight is 418 g/mol. The Hall–Kier alpha value is -2.78. The van der Waals surface area contributed by atoms with E-state index in [1.807, 2.05) is 35.0 Å². The molecule has 0 saturated carbocycles. The summed E-state index contributed by atoms with van der Waals surface area (Å²) in [6, 6.07) is 10.4. The van der Waals surface area contributed by atoms with Gasteiger partial charge in [0.2, 0.25) is 15.9 Å². The molecular formula is C20H23FN4O3S. The summed E-state index contributed by atoms with van der Waals surface area (Å²) in [7, 11) is -2.25. The minimum atomic E-state index is -3.70. The maximum Gasteiger partial charge on any atom is 0.242 e. The van der Waals surface area contributed by atoms with Crippen LogP contribution < -0.4 is 5.32 Å². The highest BCUT2D eigenvalue weighted by Crippen LogP contribution is 2.15. The van der Waals surface area contributed by atoms with Crippen molar-refractivity contribution in [2.45, 2.75) is 24.2 Å². The minimum Gasteiger partial charge on any atom is -0.356 e. The highest BCUT2D eigenvalue weighted by molar-refractivity contribution is 7.89. The SMILES string of the molecule is CN(CCCC(=O)NCCc1cn2ccccc2n1)S(=O)(=O)c1ccc(F)cc1. The van der Waals surface area contributed by atoms with Gasteiger partial charge in [-0.3, -0.25) is 4.79 Å². The fourth-order valence-corrected chi connectivity index (χ4v) is 4.10. The zero-order chi connectivity index (χ0) is 20.9. The molecule has 2 aromatic heterocycles. The average Bonchev–Trinajstić information content (AvgIpc) is 3.11. The quantitative estimate of drug-likeness (QED) is 0.578. The molecule has 0 radical (unpaired) electrons. The first kappa shape index (κ1) is 20.9. The number of amides is 1. The fraction of sp³-hybridized carbons (Fsp3) is 0.300. The highest BCUT2D eigenvalue weighted by atomic mass is 32.2. The standard InChI is InChI=1S/C20H23FN4O3S/c1-24(29(27,28)18-9-7-16(21)8-10-18)13-4-6-20(26)22-12-11-17-15-25-14-3-2-5-19(25)23-17/h2-3,5,7-10,14-15H,4,6,11-13H2,1H3,(H,22,26). The lowest BCUT2D eigenvalue weighted by molar-refractivity contribution is -0.121. The van der Waals surface area contributed by atoms with Gasteiger partial charge in [-0.1, -0.05) is 6.07 Å². The third-order valence-corrected chi connectivity index (χ3v) is 6.39. The molecule has 0 bridgehead atoms. The third kappa shape index (κ3) is 5.39. The van der Waals surface area contributed by atoms with E-state index in [1.54, 1.807) is 0 Å². The Labute approximate surface area is 169 Å². The monoisotopic (exact) mass is 418 g/mol. The normalized spacial score (nSPS) is 11.8. The molecule has 7 nitrogen and oxygen atoms in total. The first-order valence-electron chi connectivity index (χ1n) is 9.27. The number of fused-ring (bicyclic) bond motifs is 1. The predicted molar refractivity (Wildman–Crippen MR) is 107 cm³/mol. The number of hydrogen-bond acceptors (Lipinski definition) is 4. The number of nitrogens with one attached hydrogen (secondary N) is 1. The van der Waals surface area contributed by atoms with Crippen LogP contribution in [0.2, 0.25) is 0 Å². The topological polar surface area (TPSA) is 83.8 Å². The first-order chi connectivity index (χ1) is 13.9. The van der Waals surface area contributed by atoms with Crippen molar-refractivity contribution >= 4 is 21.6 Å². The summed E-state index contributed by atoms with van der Waals surface area (Å²) in [5, 5.41) is 2.83. The number of imidazole rings is 1. The molecule has 0 fully saturated rings. The molecular weight excluding hydrogens is 395 g/mol. The Balaban J connectivity index is 1.40. The number of nitrogens with zero attached hydrogens (tertiary/aromatic N) is 3. The van der Waals surface area contributed by atoms with E-state index in [2.05, 4.69) is 10.3 Å². The lowest BCUT2D eigenvalue weighted by Crippen LogP contribution is -2.30. The maximum absolute atomic E-state index is 13.0. The Morgan fingerprint density at radius 1 is 1.21 bits per heavy atom. The van der Waals surface area contributed by atoms with E-state index < -0.39 is 15.8 Å². The maximum atomic E-state index is 13.0. The molecule has 0 atom stereocenters. The van der Waals surface area contributed by atoms with E-state index in [1.165, 1.54) is 23.5 Å². The third-order valence-electron chi connectivity index (χ3n) is 4.52. The van der Waals surface area contributed by atoms with Crippen LogP contribution in [0.25, 0.3) is 5.65 Å². The highest BCUT2D eigenvalue weighted by Gasteiger charge is 2.20. The smallest absolute Gasteiger partial charge is 0.242 e. The van der Waals surface area contributed by atoms with Crippen molar-refractivity contribution in [3.8, 4) is 0 Å². The van der Waals surface area contributed by atoms with Gasteiger partial charge in [0.05, 0.1) is 10.6 Å². The van der Waals surface area contributed by atoms with Gasteiger partial charge < -0.3 is 9.72 Å². The molecule has 0 aliphatic carbocycles. The van der Waals surface area contributed by atoms with Crippen LogP contribution in [0.15, 0.2) is 59.8 Å². The van der Waals surface area contributed by atoms with Gasteiger partial charge in [0.25, 0.3) is 0 Å². The number of pyridine rings is 1. The van der Waals surface area contributed by atoms with E-state index in [0.29, 0.717) is 19.4 Å². The van der Waals surface area contributed by atoms with E-state index in [-0.39, 0.29) is 23.8 Å². The number of hydrogen-bond donors (Lipinski definition) is 1. The Bertz CT molecular complexity index is 1050. The van der Waals surface area contributed by atoms with E-state index in [0.717, 1.165) is 23.5 Å². The van der Waals surface area contributed by atoms with E-state index in [9.17, 15) is 17.6 Å². The number of sulfonamides is 1. The molecule has 0 aliphatic heterocycles. The molecule has 3 rings (SSSR count). The van der Waals surface area contributed by atoms with Crippen molar-refractivity contribution in [2.24, 2.45) is 0 Å². The van der Waals surface area contributed by atoms with E-state index >= 15 is 0 Å². The van der Waals surface area contributed by atoms with Crippen molar-refractivity contribution in [1.82, 2.24) is 19.0 Å². The number of carbonyl (C=O) groups is 1. The van der Waals surface area contributed by atoms with Crippen LogP contribution in [0, 0.1) is 5.82 Å². The Morgan fingerprint density at radius 2 is 1.97 bits per heavy atom. The van der Waals surface area contributed by atoms with Crippen LogP contribution in [-0.4, -0.2) is 48.2 Å². The summed E-state index contributed by atoms with van der Waals surface area (Å²) in [6.45, 7) is 0.659. The van der Waals surface area contributed by atoms with Crippen molar-refractivity contribution in [1.29, 1.82) is 0 Å². The van der Waals surface area contributed by atoms with Crippen LogP contribution in [0.5, 0.6) is 0 Å². The molecule has 9 heteroatoms. The van der Waals surface area contributed by atoms with Gasteiger partial charge >= 0.3 is 0 Å². The Kier molecular flexibility index (Phi) is 6.60.